The zero-order chi connectivity index (χ0) is 34.8. The maximum Gasteiger partial charge on any atom is 0.245 e. The van der Waals surface area contributed by atoms with E-state index >= 15 is 0 Å². The van der Waals surface area contributed by atoms with Gasteiger partial charge in [-0.3, -0.25) is 19.4 Å². The molecular weight excluding hydrogens is 624 g/mol. The van der Waals surface area contributed by atoms with Crippen LogP contribution in [0.3, 0.4) is 0 Å². The van der Waals surface area contributed by atoms with Crippen molar-refractivity contribution in [2.24, 2.45) is 0 Å². The monoisotopic (exact) mass is 670 g/mol. The molecule has 2 fully saturated rings. The van der Waals surface area contributed by atoms with Crippen molar-refractivity contribution in [3.05, 3.63) is 120 Å². The van der Waals surface area contributed by atoms with Crippen molar-refractivity contribution in [1.82, 2.24) is 39.5 Å². The van der Waals surface area contributed by atoms with Crippen LogP contribution >= 0.6 is 0 Å². The number of nitrogens with zero attached hydrogens (tertiary/aromatic N) is 6. The topological polar surface area (TPSA) is 104 Å². The second-order valence-electron chi connectivity index (χ2n) is 13.9. The van der Waals surface area contributed by atoms with Crippen LogP contribution in [-0.4, -0.2) is 92.6 Å². The van der Waals surface area contributed by atoms with Crippen molar-refractivity contribution in [3.63, 3.8) is 0 Å². The first-order valence-corrected chi connectivity index (χ1v) is 17.5. The lowest BCUT2D eigenvalue weighted by Gasteiger charge is -2.31. The van der Waals surface area contributed by atoms with Crippen LogP contribution in [0.4, 0.5) is 0 Å². The summed E-state index contributed by atoms with van der Waals surface area (Å²) in [5, 5.41) is 0. The van der Waals surface area contributed by atoms with E-state index in [1.165, 1.54) is 0 Å². The average Bonchev–Trinajstić information content (AvgIpc) is 3.95. The minimum atomic E-state index is -0.344. The third kappa shape index (κ3) is 6.60. The van der Waals surface area contributed by atoms with Gasteiger partial charge >= 0.3 is 0 Å². The zero-order valence-electron chi connectivity index (χ0n) is 29.3. The van der Waals surface area contributed by atoms with Crippen molar-refractivity contribution >= 4 is 11.8 Å². The van der Waals surface area contributed by atoms with Gasteiger partial charge < -0.3 is 19.8 Å². The van der Waals surface area contributed by atoms with Crippen molar-refractivity contribution in [2.75, 3.05) is 41.3 Å². The van der Waals surface area contributed by atoms with Crippen molar-refractivity contribution in [3.8, 4) is 22.5 Å². The molecular formula is C40H46N8O2. The molecule has 0 unspecified atom stereocenters. The second kappa shape index (κ2) is 14.4. The van der Waals surface area contributed by atoms with Gasteiger partial charge in [-0.2, -0.15) is 0 Å². The Balaban J connectivity index is 1.05. The quantitative estimate of drug-likeness (QED) is 0.178. The van der Waals surface area contributed by atoms with E-state index in [0.29, 0.717) is 13.1 Å². The van der Waals surface area contributed by atoms with Crippen LogP contribution in [0.25, 0.3) is 22.5 Å². The molecule has 0 saturated carbocycles. The Labute approximate surface area is 294 Å². The largest absolute Gasteiger partial charge is 0.340 e. The number of hydrogen-bond acceptors (Lipinski definition) is 6. The van der Waals surface area contributed by atoms with E-state index < -0.39 is 0 Å². The number of likely N-dealkylation sites (N-methyl/N-ethyl adjacent to an activating group) is 2. The molecule has 2 N–H and O–H groups in total. The van der Waals surface area contributed by atoms with Crippen molar-refractivity contribution < 1.29 is 9.59 Å². The number of aromatic nitrogens is 4. The van der Waals surface area contributed by atoms with Crippen molar-refractivity contribution in [2.45, 2.75) is 49.9 Å². The van der Waals surface area contributed by atoms with Gasteiger partial charge in [-0.05, 0) is 76.1 Å². The second-order valence-corrected chi connectivity index (χ2v) is 13.9. The fourth-order valence-corrected chi connectivity index (χ4v) is 7.67. The maximum absolute atomic E-state index is 13.9. The summed E-state index contributed by atoms with van der Waals surface area (Å²) < 4.78 is 0. The van der Waals surface area contributed by atoms with E-state index in [0.717, 1.165) is 71.0 Å². The number of amides is 2. The van der Waals surface area contributed by atoms with Crippen LogP contribution < -0.4 is 0 Å². The number of nitrogens with one attached hydrogen (secondary N) is 2. The molecule has 10 heteroatoms. The summed E-state index contributed by atoms with van der Waals surface area (Å²) in [6.45, 7) is 1.43. The highest BCUT2D eigenvalue weighted by atomic mass is 16.2. The van der Waals surface area contributed by atoms with Crippen LogP contribution in [0.5, 0.6) is 0 Å². The normalized spacial score (nSPS) is 19.0. The minimum Gasteiger partial charge on any atom is -0.340 e. The van der Waals surface area contributed by atoms with Gasteiger partial charge in [-0.25, -0.2) is 9.97 Å². The number of imidazole rings is 2. The Morgan fingerprint density at radius 3 is 1.36 bits per heavy atom. The molecule has 0 spiro atoms. The van der Waals surface area contributed by atoms with Gasteiger partial charge in [0.05, 0.1) is 35.9 Å². The first-order valence-electron chi connectivity index (χ1n) is 17.5. The van der Waals surface area contributed by atoms with E-state index in [4.69, 9.17) is 9.97 Å². The van der Waals surface area contributed by atoms with E-state index in [1.54, 1.807) is 0 Å². The predicted octanol–water partition coefficient (Wildman–Crippen LogP) is 6.40. The first-order chi connectivity index (χ1) is 24.3. The SMILES string of the molecule is CN(C)[C@@H](C(=O)N1CCC[C@H]1c1ncc(-c2ccc(-c3cnc([C@@H]4CCCN4C(=O)[C@@H](c4ccccc4)N(C)C)[nH]3)cc2)[nH]1)c1ccccc1. The Kier molecular flexibility index (Phi) is 9.65. The highest BCUT2D eigenvalue weighted by Gasteiger charge is 2.38. The number of rotatable bonds is 10. The van der Waals surface area contributed by atoms with Gasteiger partial charge in [0.25, 0.3) is 0 Å². The molecule has 3 aromatic carbocycles. The zero-order valence-corrected chi connectivity index (χ0v) is 29.3. The summed E-state index contributed by atoms with van der Waals surface area (Å²) in [5.74, 6) is 1.84. The van der Waals surface area contributed by atoms with Crippen LogP contribution in [0.1, 0.15) is 72.6 Å². The summed E-state index contributed by atoms with van der Waals surface area (Å²) in [5.41, 5.74) is 5.85. The molecule has 258 valence electrons. The fraction of sp³-hybridized carbons (Fsp3) is 0.350. The number of carbonyl (C=O) groups excluding carboxylic acids is 2. The molecule has 50 heavy (non-hydrogen) atoms. The minimum absolute atomic E-state index is 0.0900. The number of benzene rings is 3. The molecule has 5 aromatic rings. The lowest BCUT2D eigenvalue weighted by molar-refractivity contribution is -0.138. The molecule has 0 bridgehead atoms. The number of carbonyl (C=O) groups is 2. The molecule has 2 aliphatic heterocycles. The molecule has 0 radical (unpaired) electrons. The lowest BCUT2D eigenvalue weighted by Crippen LogP contribution is -2.40. The first kappa shape index (κ1) is 33.4. The summed E-state index contributed by atoms with van der Waals surface area (Å²) in [4.78, 5) is 52.3. The number of likely N-dealkylation sites (tertiary alicyclic amines) is 2. The van der Waals surface area contributed by atoms with Crippen LogP contribution in [-0.2, 0) is 9.59 Å². The Hall–Kier alpha value is -5.06. The highest BCUT2D eigenvalue weighted by Crippen LogP contribution is 2.37. The Morgan fingerprint density at radius 2 is 1.00 bits per heavy atom. The molecule has 4 atom stereocenters. The summed E-state index contributed by atoms with van der Waals surface area (Å²) in [6, 6.07) is 27.4. The number of H-pyrrole nitrogens is 2. The van der Waals surface area contributed by atoms with Crippen molar-refractivity contribution in [1.29, 1.82) is 0 Å². The van der Waals surface area contributed by atoms with Gasteiger partial charge in [0.1, 0.15) is 23.7 Å². The van der Waals surface area contributed by atoms with Gasteiger partial charge in [0.15, 0.2) is 0 Å². The average molecular weight is 671 g/mol. The van der Waals surface area contributed by atoms with Gasteiger partial charge in [-0.15, -0.1) is 0 Å². The summed E-state index contributed by atoms with van der Waals surface area (Å²) >= 11 is 0. The fourth-order valence-electron chi connectivity index (χ4n) is 7.67. The number of aromatic amines is 2. The third-order valence-electron chi connectivity index (χ3n) is 10.1. The summed E-state index contributed by atoms with van der Waals surface area (Å²) in [7, 11) is 7.82. The summed E-state index contributed by atoms with van der Waals surface area (Å²) in [6.07, 6.45) is 7.36. The molecule has 4 heterocycles. The van der Waals surface area contributed by atoms with Gasteiger partial charge in [0, 0.05) is 13.1 Å². The molecule has 2 aromatic heterocycles. The molecule has 0 aliphatic carbocycles. The molecule has 10 nitrogen and oxygen atoms in total. The highest BCUT2D eigenvalue weighted by molar-refractivity contribution is 5.84. The van der Waals surface area contributed by atoms with E-state index in [2.05, 4.69) is 34.2 Å². The van der Waals surface area contributed by atoms with Gasteiger partial charge in [-0.1, -0.05) is 84.9 Å². The van der Waals surface area contributed by atoms with E-state index in [9.17, 15) is 9.59 Å². The predicted molar refractivity (Wildman–Crippen MR) is 195 cm³/mol. The molecule has 2 amide bonds. The molecule has 7 rings (SSSR count). The van der Waals surface area contributed by atoms with E-state index in [1.807, 2.05) is 121 Å². The van der Waals surface area contributed by atoms with Crippen LogP contribution in [0.15, 0.2) is 97.3 Å². The Bertz CT molecular complexity index is 1760. The smallest absolute Gasteiger partial charge is 0.245 e. The van der Waals surface area contributed by atoms with E-state index in [-0.39, 0.29) is 36.0 Å². The number of hydrogen-bond donors (Lipinski definition) is 2. The maximum atomic E-state index is 13.9. The molecule has 2 saturated heterocycles. The standard InChI is InChI=1S/C40H46N8O2/c1-45(2)35(29-13-7-5-8-14-29)39(49)47-23-11-17-33(47)37-41-25-31(43-37)27-19-21-28(22-20-27)32-26-42-38(44-32)34-18-12-24-48(34)40(50)36(46(3)4)30-15-9-6-10-16-30/h5-10,13-16,19-22,25-26,33-36H,11-12,17-18,23-24H2,1-4H3,(H,41,43)(H,42,44)/t33-,34-,35+,36+/m0/s1. The molecule has 2 aliphatic rings. The van der Waals surface area contributed by atoms with Gasteiger partial charge in [0.2, 0.25) is 11.8 Å². The lowest BCUT2D eigenvalue weighted by atomic mass is 10.0. The van der Waals surface area contributed by atoms with Crippen LogP contribution in [0.2, 0.25) is 0 Å². The Morgan fingerprint density at radius 1 is 0.620 bits per heavy atom. The third-order valence-corrected chi connectivity index (χ3v) is 10.1. The van der Waals surface area contributed by atoms with Crippen LogP contribution in [0, 0.1) is 0 Å².